The topological polar surface area (TPSA) is 9.23 Å². The third-order valence-corrected chi connectivity index (χ3v) is 3.89. The number of halogens is 2. The number of ether oxygens (including phenoxy) is 1. The molecule has 0 amide bonds. The zero-order valence-corrected chi connectivity index (χ0v) is 11.5. The van der Waals surface area contributed by atoms with Crippen LogP contribution in [0.5, 0.6) is 5.75 Å². The van der Waals surface area contributed by atoms with Gasteiger partial charge in [-0.3, -0.25) is 0 Å². The van der Waals surface area contributed by atoms with Crippen LogP contribution in [0, 0.1) is 0 Å². The van der Waals surface area contributed by atoms with Gasteiger partial charge in [0.2, 0.25) is 0 Å². The van der Waals surface area contributed by atoms with Gasteiger partial charge in [0.05, 0.1) is 15.6 Å². The first-order chi connectivity index (χ1) is 6.56. The van der Waals surface area contributed by atoms with E-state index in [1.54, 1.807) is 11.8 Å². The van der Waals surface area contributed by atoms with Crippen LogP contribution in [-0.4, -0.2) is 12.4 Å². The van der Waals surface area contributed by atoms with Gasteiger partial charge in [-0.05, 0) is 48.2 Å². The van der Waals surface area contributed by atoms with Crippen molar-refractivity contribution < 1.29 is 4.74 Å². The van der Waals surface area contributed by atoms with Crippen LogP contribution >= 0.6 is 39.3 Å². The van der Waals surface area contributed by atoms with Crippen LogP contribution in [0.1, 0.15) is 13.8 Å². The summed E-state index contributed by atoms with van der Waals surface area (Å²) >= 11 is 11.1. The maximum Gasteiger partial charge on any atom is 0.135 e. The number of thioether (sulfide) groups is 1. The Hall–Kier alpha value is 0.140. The second kappa shape index (κ2) is 5.29. The van der Waals surface area contributed by atoms with Gasteiger partial charge in [-0.25, -0.2) is 0 Å². The molecule has 0 bridgehead atoms. The molecule has 0 aliphatic carbocycles. The zero-order valence-electron chi connectivity index (χ0n) is 8.30. The molecule has 4 heteroatoms. The monoisotopic (exact) mass is 294 g/mol. The summed E-state index contributed by atoms with van der Waals surface area (Å²) in [7, 11) is 0. The van der Waals surface area contributed by atoms with Crippen LogP contribution in [0.3, 0.4) is 0 Å². The van der Waals surface area contributed by atoms with E-state index in [9.17, 15) is 0 Å². The normalized spacial score (nSPS) is 10.7. The minimum absolute atomic E-state index is 0.169. The fourth-order valence-corrected chi connectivity index (χ4v) is 3.02. The fraction of sp³-hybridized carbons (Fsp3) is 0.400. The van der Waals surface area contributed by atoms with Crippen molar-refractivity contribution in [1.82, 2.24) is 0 Å². The van der Waals surface area contributed by atoms with Crippen molar-refractivity contribution in [2.24, 2.45) is 0 Å². The van der Waals surface area contributed by atoms with E-state index in [2.05, 4.69) is 15.9 Å². The summed E-state index contributed by atoms with van der Waals surface area (Å²) in [5.74, 6) is 0.841. The summed E-state index contributed by atoms with van der Waals surface area (Å²) in [6, 6.07) is 3.74. The highest BCUT2D eigenvalue weighted by atomic mass is 79.9. The third kappa shape index (κ3) is 2.81. The zero-order chi connectivity index (χ0) is 10.7. The molecule has 0 aromatic heterocycles. The Morgan fingerprint density at radius 2 is 2.07 bits per heavy atom. The molecule has 0 saturated heterocycles. The van der Waals surface area contributed by atoms with Crippen molar-refractivity contribution in [3.05, 3.63) is 21.6 Å². The van der Waals surface area contributed by atoms with Crippen LogP contribution in [-0.2, 0) is 0 Å². The van der Waals surface area contributed by atoms with E-state index in [1.165, 1.54) is 0 Å². The van der Waals surface area contributed by atoms with E-state index in [-0.39, 0.29) is 6.10 Å². The predicted molar refractivity (Wildman–Crippen MR) is 66.7 cm³/mol. The first-order valence-electron chi connectivity index (χ1n) is 4.25. The molecule has 0 radical (unpaired) electrons. The van der Waals surface area contributed by atoms with Crippen molar-refractivity contribution in [1.29, 1.82) is 0 Å². The summed E-state index contributed by atoms with van der Waals surface area (Å²) in [6.45, 7) is 4.00. The van der Waals surface area contributed by atoms with Gasteiger partial charge in [-0.2, -0.15) is 0 Å². The van der Waals surface area contributed by atoms with Crippen LogP contribution in [0.4, 0.5) is 0 Å². The molecule has 78 valence electrons. The molecule has 0 N–H and O–H groups in total. The number of benzene rings is 1. The molecule has 14 heavy (non-hydrogen) atoms. The van der Waals surface area contributed by atoms with Gasteiger partial charge >= 0.3 is 0 Å². The Morgan fingerprint density at radius 1 is 1.43 bits per heavy atom. The Morgan fingerprint density at radius 3 is 2.57 bits per heavy atom. The van der Waals surface area contributed by atoms with Crippen molar-refractivity contribution in [2.45, 2.75) is 24.8 Å². The molecule has 1 rings (SSSR count). The maximum atomic E-state index is 6.03. The quantitative estimate of drug-likeness (QED) is 0.753. The van der Waals surface area contributed by atoms with Crippen molar-refractivity contribution in [3.63, 3.8) is 0 Å². The number of hydrogen-bond donors (Lipinski definition) is 0. The number of rotatable bonds is 3. The Labute approximate surface area is 102 Å². The SMILES string of the molecule is CSc1c(Cl)ccc(OC(C)C)c1Br. The summed E-state index contributed by atoms with van der Waals surface area (Å²) in [5, 5.41) is 0.750. The Bertz CT molecular complexity index is 328. The van der Waals surface area contributed by atoms with E-state index in [0.717, 1.165) is 20.1 Å². The molecule has 0 spiro atoms. The highest BCUT2D eigenvalue weighted by molar-refractivity contribution is 9.10. The number of hydrogen-bond acceptors (Lipinski definition) is 2. The first kappa shape index (κ1) is 12.2. The highest BCUT2D eigenvalue weighted by Gasteiger charge is 2.11. The summed E-state index contributed by atoms with van der Waals surface area (Å²) in [6.07, 6.45) is 2.16. The molecule has 0 unspecified atom stereocenters. The molecule has 0 fully saturated rings. The Balaban J connectivity index is 3.08. The van der Waals surface area contributed by atoms with E-state index < -0.39 is 0 Å². The lowest BCUT2D eigenvalue weighted by Gasteiger charge is -2.14. The van der Waals surface area contributed by atoms with Crippen LogP contribution in [0.25, 0.3) is 0 Å². The lowest BCUT2D eigenvalue weighted by atomic mass is 10.3. The summed E-state index contributed by atoms with van der Waals surface area (Å²) in [4.78, 5) is 1.02. The van der Waals surface area contributed by atoms with Gasteiger partial charge in [0, 0.05) is 4.90 Å². The van der Waals surface area contributed by atoms with Gasteiger partial charge in [0.25, 0.3) is 0 Å². The minimum atomic E-state index is 0.169. The highest BCUT2D eigenvalue weighted by Crippen LogP contribution is 2.39. The Kier molecular flexibility index (Phi) is 4.61. The maximum absolute atomic E-state index is 6.03. The van der Waals surface area contributed by atoms with Crippen molar-refractivity contribution in [2.75, 3.05) is 6.26 Å². The third-order valence-electron chi connectivity index (χ3n) is 1.58. The second-order valence-electron chi connectivity index (χ2n) is 3.06. The minimum Gasteiger partial charge on any atom is -0.490 e. The fourth-order valence-electron chi connectivity index (χ4n) is 1.05. The largest absolute Gasteiger partial charge is 0.490 e. The average Bonchev–Trinajstić information content (AvgIpc) is 2.10. The van der Waals surface area contributed by atoms with Gasteiger partial charge in [0.15, 0.2) is 0 Å². The van der Waals surface area contributed by atoms with E-state index in [0.29, 0.717) is 0 Å². The van der Waals surface area contributed by atoms with E-state index >= 15 is 0 Å². The van der Waals surface area contributed by atoms with E-state index in [4.69, 9.17) is 16.3 Å². The summed E-state index contributed by atoms with van der Waals surface area (Å²) in [5.41, 5.74) is 0. The molecule has 0 saturated carbocycles. The van der Waals surface area contributed by atoms with Gasteiger partial charge in [-0.15, -0.1) is 11.8 Å². The molecule has 0 aliphatic heterocycles. The molecule has 1 aromatic carbocycles. The van der Waals surface area contributed by atoms with Crippen molar-refractivity contribution >= 4 is 39.3 Å². The van der Waals surface area contributed by atoms with Crippen molar-refractivity contribution in [3.8, 4) is 5.75 Å². The van der Waals surface area contributed by atoms with Crippen LogP contribution in [0.15, 0.2) is 21.5 Å². The van der Waals surface area contributed by atoms with Gasteiger partial charge < -0.3 is 4.74 Å². The molecular weight excluding hydrogens is 284 g/mol. The molecule has 0 aliphatic rings. The lowest BCUT2D eigenvalue weighted by molar-refractivity contribution is 0.240. The predicted octanol–water partition coefficient (Wildman–Crippen LogP) is 4.61. The van der Waals surface area contributed by atoms with Crippen LogP contribution in [0.2, 0.25) is 5.02 Å². The average molecular weight is 296 g/mol. The molecule has 1 aromatic rings. The molecule has 1 nitrogen and oxygen atoms in total. The lowest BCUT2D eigenvalue weighted by Crippen LogP contribution is -2.06. The standard InChI is InChI=1S/C10H12BrClOS/c1-6(2)13-8-5-4-7(12)10(14-3)9(8)11/h4-6H,1-3H3. The molecule has 0 heterocycles. The molecular formula is C10H12BrClOS. The van der Waals surface area contributed by atoms with Gasteiger partial charge in [0.1, 0.15) is 5.75 Å². The van der Waals surface area contributed by atoms with Crippen LogP contribution < -0.4 is 4.74 Å². The van der Waals surface area contributed by atoms with Gasteiger partial charge in [-0.1, -0.05) is 11.6 Å². The molecule has 0 atom stereocenters. The first-order valence-corrected chi connectivity index (χ1v) is 6.64. The van der Waals surface area contributed by atoms with E-state index in [1.807, 2.05) is 32.2 Å². The smallest absolute Gasteiger partial charge is 0.135 e. The second-order valence-corrected chi connectivity index (χ2v) is 5.08. The summed E-state index contributed by atoms with van der Waals surface area (Å²) < 4.78 is 6.56.